The van der Waals surface area contributed by atoms with Crippen molar-refractivity contribution in [2.45, 2.75) is 70.2 Å². The Morgan fingerprint density at radius 3 is 1.91 bits per heavy atom. The number of carbonyl (C=O) groups is 7. The van der Waals surface area contributed by atoms with Crippen molar-refractivity contribution in [3.8, 4) is 0 Å². The third kappa shape index (κ3) is 9.51. The van der Waals surface area contributed by atoms with Crippen molar-refractivity contribution < 1.29 is 33.6 Å². The minimum atomic E-state index is -1.46. The molecule has 1 aliphatic rings. The summed E-state index contributed by atoms with van der Waals surface area (Å²) in [5.74, 6) is -4.47. The molecule has 17 nitrogen and oxygen atoms in total. The lowest BCUT2D eigenvalue weighted by atomic mass is 10.0. The van der Waals surface area contributed by atoms with Crippen LogP contribution in [0.3, 0.4) is 0 Å². The molecular formula is C40H46N10O7S. The van der Waals surface area contributed by atoms with Crippen LogP contribution in [0, 0.1) is 0 Å². The number of benzene rings is 2. The van der Waals surface area contributed by atoms with Gasteiger partial charge in [0.25, 0.3) is 5.91 Å². The van der Waals surface area contributed by atoms with Gasteiger partial charge in [-0.25, -0.2) is 4.98 Å². The Hall–Kier alpha value is -6.56. The predicted molar refractivity (Wildman–Crippen MR) is 216 cm³/mol. The van der Waals surface area contributed by atoms with Crippen LogP contribution in [0.25, 0.3) is 21.8 Å². The summed E-state index contributed by atoms with van der Waals surface area (Å²) >= 11 is 1.13. The standard InChI is InChI=1S/C40H46N10O7S/c1-21-34(53)49-40(3,4)39(57)50(5)19-33(52)45-22(2)38-48-31(20-58-38)37(56)47-30(15-24-17-42-28-13-9-7-11-26(24)28)36(55)46-29(35(54)43-18-32(51)44-21)14-23-16-41-27-12-8-6-10-25(23)27/h6-13,16-17,20-22,29-30,41-42H,14-15,18-19H2,1-5H3,(H,43,54)(H,44,51)(H,45,52)(H,46,55)(H,47,56)(H,49,53)/t21-,22-,29+,30+/m1/s1. The molecule has 7 amide bonds. The molecule has 5 aromatic rings. The second-order valence-electron chi connectivity index (χ2n) is 14.9. The van der Waals surface area contributed by atoms with Gasteiger partial charge in [0, 0.05) is 59.5 Å². The third-order valence-corrected chi connectivity index (χ3v) is 10.9. The SMILES string of the molecule is C[C@H]1NC(=O)CNC(=O)[C@H](Cc2c[nH]c3ccccc23)NC(=O)[C@H](Cc2c[nH]c3ccccc23)NC(=O)c2csc(n2)[C@@H](C)NC(=O)CN(C)C(=O)C(C)(C)NC1=O. The van der Waals surface area contributed by atoms with Crippen LogP contribution in [0.15, 0.2) is 66.3 Å². The van der Waals surface area contributed by atoms with E-state index >= 15 is 0 Å². The van der Waals surface area contributed by atoms with E-state index in [0.29, 0.717) is 5.01 Å². The predicted octanol–water partition coefficient (Wildman–Crippen LogP) is 1.34. The van der Waals surface area contributed by atoms with Gasteiger partial charge in [-0.1, -0.05) is 36.4 Å². The number of hydrogen-bond acceptors (Lipinski definition) is 9. The van der Waals surface area contributed by atoms with E-state index in [1.165, 1.54) is 33.2 Å². The summed E-state index contributed by atoms with van der Waals surface area (Å²) in [6, 6.07) is 10.8. The maximum Gasteiger partial charge on any atom is 0.271 e. The van der Waals surface area contributed by atoms with E-state index in [9.17, 15) is 33.6 Å². The Kier molecular flexibility index (Phi) is 12.2. The lowest BCUT2D eigenvalue weighted by Crippen LogP contribution is -2.60. The number of carbonyl (C=O) groups excluding carboxylic acids is 7. The van der Waals surface area contributed by atoms with Crippen LogP contribution in [0.5, 0.6) is 0 Å². The summed E-state index contributed by atoms with van der Waals surface area (Å²) in [7, 11) is 1.42. The maximum atomic E-state index is 14.3. The first-order valence-corrected chi connectivity index (χ1v) is 19.6. The summed E-state index contributed by atoms with van der Waals surface area (Å²) in [4.78, 5) is 107. The van der Waals surface area contributed by atoms with E-state index in [0.717, 1.165) is 49.2 Å². The summed E-state index contributed by atoms with van der Waals surface area (Å²) < 4.78 is 0. The van der Waals surface area contributed by atoms with E-state index in [1.54, 1.807) is 19.3 Å². The number of nitrogens with one attached hydrogen (secondary N) is 8. The molecule has 0 saturated heterocycles. The van der Waals surface area contributed by atoms with Crippen LogP contribution in [-0.4, -0.2) is 105 Å². The summed E-state index contributed by atoms with van der Waals surface area (Å²) in [5.41, 5.74) is 1.64. The molecule has 4 atom stereocenters. The minimum Gasteiger partial charge on any atom is -0.361 e. The number of amides is 7. The number of aromatic nitrogens is 3. The van der Waals surface area contributed by atoms with Crippen LogP contribution < -0.4 is 31.9 Å². The number of para-hydroxylation sites is 2. The number of rotatable bonds is 4. The number of H-pyrrole nitrogens is 2. The molecule has 0 radical (unpaired) electrons. The number of fused-ring (bicyclic) bond motifs is 4. The Bertz CT molecular complexity index is 2380. The lowest BCUT2D eigenvalue weighted by Gasteiger charge is -2.31. The Morgan fingerprint density at radius 2 is 1.29 bits per heavy atom. The zero-order valence-electron chi connectivity index (χ0n) is 32.6. The first kappa shape index (κ1) is 41.1. The highest BCUT2D eigenvalue weighted by atomic mass is 32.1. The Morgan fingerprint density at radius 1 is 0.724 bits per heavy atom. The second-order valence-corrected chi connectivity index (χ2v) is 15.7. The van der Waals surface area contributed by atoms with Gasteiger partial charge in [-0.05, 0) is 51.0 Å². The smallest absolute Gasteiger partial charge is 0.271 e. The van der Waals surface area contributed by atoms with Gasteiger partial charge in [0.2, 0.25) is 35.4 Å². The summed E-state index contributed by atoms with van der Waals surface area (Å²) in [5, 5.41) is 19.7. The molecule has 304 valence electrons. The van der Waals surface area contributed by atoms with Crippen molar-refractivity contribution in [3.63, 3.8) is 0 Å². The number of nitrogens with zero attached hydrogens (tertiary/aromatic N) is 2. The first-order valence-electron chi connectivity index (χ1n) is 18.7. The Balaban J connectivity index is 1.32. The molecule has 0 spiro atoms. The number of hydrogen-bond donors (Lipinski definition) is 8. The quantitative estimate of drug-likeness (QED) is 0.132. The molecule has 2 bridgehead atoms. The molecule has 0 fully saturated rings. The van der Waals surface area contributed by atoms with Gasteiger partial charge in [0.15, 0.2) is 0 Å². The average Bonchev–Trinajstić information content (AvgIpc) is 3.95. The van der Waals surface area contributed by atoms with Gasteiger partial charge in [-0.2, -0.15) is 0 Å². The molecule has 8 N–H and O–H groups in total. The van der Waals surface area contributed by atoms with E-state index in [1.807, 2.05) is 48.5 Å². The van der Waals surface area contributed by atoms with Crippen molar-refractivity contribution in [3.05, 3.63) is 88.1 Å². The molecule has 0 unspecified atom stereocenters. The summed E-state index contributed by atoms with van der Waals surface area (Å²) in [6.45, 7) is 5.15. The topological polar surface area (TPSA) is 239 Å². The van der Waals surface area contributed by atoms with E-state index in [4.69, 9.17) is 0 Å². The largest absolute Gasteiger partial charge is 0.361 e. The van der Waals surface area contributed by atoms with E-state index in [2.05, 4.69) is 46.9 Å². The number of likely N-dealkylation sites (N-methyl/N-ethyl adjacent to an activating group) is 1. The van der Waals surface area contributed by atoms with Gasteiger partial charge in [0.1, 0.15) is 34.4 Å². The Labute approximate surface area is 337 Å². The zero-order chi connectivity index (χ0) is 41.7. The molecule has 1 aliphatic heterocycles. The van der Waals surface area contributed by atoms with Crippen LogP contribution in [0.1, 0.15) is 60.4 Å². The zero-order valence-corrected chi connectivity index (χ0v) is 33.5. The highest BCUT2D eigenvalue weighted by molar-refractivity contribution is 7.09. The fourth-order valence-electron chi connectivity index (χ4n) is 6.79. The average molecular weight is 811 g/mol. The van der Waals surface area contributed by atoms with Crippen molar-refractivity contribution in [2.24, 2.45) is 0 Å². The van der Waals surface area contributed by atoms with Crippen LogP contribution in [0.4, 0.5) is 0 Å². The minimum absolute atomic E-state index is 0.00500. The van der Waals surface area contributed by atoms with Crippen LogP contribution >= 0.6 is 11.3 Å². The molecule has 2 aromatic carbocycles. The van der Waals surface area contributed by atoms with Gasteiger partial charge < -0.3 is 46.8 Å². The van der Waals surface area contributed by atoms with Gasteiger partial charge in [-0.15, -0.1) is 11.3 Å². The highest BCUT2D eigenvalue weighted by Gasteiger charge is 2.35. The molecule has 0 saturated carbocycles. The van der Waals surface area contributed by atoms with Crippen LogP contribution in [-0.2, 0) is 41.6 Å². The lowest BCUT2D eigenvalue weighted by molar-refractivity contribution is -0.142. The fourth-order valence-corrected chi connectivity index (χ4v) is 7.59. The van der Waals surface area contributed by atoms with Crippen molar-refractivity contribution in [2.75, 3.05) is 20.1 Å². The number of thiazole rings is 1. The monoisotopic (exact) mass is 810 g/mol. The molecule has 4 heterocycles. The normalized spacial score (nSPS) is 22.0. The van der Waals surface area contributed by atoms with Crippen molar-refractivity contribution in [1.82, 2.24) is 51.8 Å². The highest BCUT2D eigenvalue weighted by Crippen LogP contribution is 2.22. The third-order valence-electron chi connectivity index (χ3n) is 9.85. The second kappa shape index (κ2) is 17.3. The van der Waals surface area contributed by atoms with Gasteiger partial charge in [-0.3, -0.25) is 33.6 Å². The fraction of sp³-hybridized carbons (Fsp3) is 0.350. The van der Waals surface area contributed by atoms with Gasteiger partial charge >= 0.3 is 0 Å². The maximum absolute atomic E-state index is 14.3. The molecule has 18 heteroatoms. The molecule has 58 heavy (non-hydrogen) atoms. The van der Waals surface area contributed by atoms with Crippen LogP contribution in [0.2, 0.25) is 0 Å². The van der Waals surface area contributed by atoms with Gasteiger partial charge in [0.05, 0.1) is 19.1 Å². The van der Waals surface area contributed by atoms with Crippen molar-refractivity contribution in [1.29, 1.82) is 0 Å². The van der Waals surface area contributed by atoms with E-state index < -0.39 is 77.6 Å². The van der Waals surface area contributed by atoms with Crippen molar-refractivity contribution >= 4 is 74.5 Å². The molecule has 6 rings (SSSR count). The molecule has 0 aliphatic carbocycles. The molecular weight excluding hydrogens is 765 g/mol. The number of aromatic amines is 2. The first-order chi connectivity index (χ1) is 27.6. The summed E-state index contributed by atoms with van der Waals surface area (Å²) in [6.07, 6.45) is 3.55. The van der Waals surface area contributed by atoms with E-state index in [-0.39, 0.29) is 25.1 Å². The molecule has 3 aromatic heterocycles.